The van der Waals surface area contributed by atoms with Gasteiger partial charge in [0.25, 0.3) is 0 Å². The second-order valence-electron chi connectivity index (χ2n) is 5.08. The first kappa shape index (κ1) is 12.1. The highest BCUT2D eigenvalue weighted by molar-refractivity contribution is 5.85. The molecule has 0 aromatic heterocycles. The normalized spacial score (nSPS) is 29.0. The largest absolute Gasteiger partial charge is 0.481 e. The summed E-state index contributed by atoms with van der Waals surface area (Å²) in [6.07, 6.45) is 5.27. The van der Waals surface area contributed by atoms with Crippen LogP contribution < -0.4 is 0 Å². The van der Waals surface area contributed by atoms with E-state index in [2.05, 4.69) is 6.08 Å². The number of carboxylic acid groups (broad SMARTS) is 1. The highest BCUT2D eigenvalue weighted by atomic mass is 16.4. The van der Waals surface area contributed by atoms with Gasteiger partial charge in [-0.2, -0.15) is 0 Å². The SMILES string of the molecule is CC1=CCCN(C(=O)C2CCCC2C(=O)O)C1. The average molecular weight is 237 g/mol. The van der Waals surface area contributed by atoms with Crippen molar-refractivity contribution in [2.75, 3.05) is 13.1 Å². The topological polar surface area (TPSA) is 57.6 Å². The van der Waals surface area contributed by atoms with Crippen LogP contribution in [0, 0.1) is 11.8 Å². The Morgan fingerprint density at radius 2 is 2.06 bits per heavy atom. The molecule has 0 aromatic rings. The fraction of sp³-hybridized carbons (Fsp3) is 0.692. The Morgan fingerprint density at radius 1 is 1.35 bits per heavy atom. The molecule has 2 rings (SSSR count). The lowest BCUT2D eigenvalue weighted by Crippen LogP contribution is -2.41. The lowest BCUT2D eigenvalue weighted by Gasteiger charge is -2.29. The minimum atomic E-state index is -0.815. The number of aliphatic carboxylic acids is 1. The number of hydrogen-bond acceptors (Lipinski definition) is 2. The summed E-state index contributed by atoms with van der Waals surface area (Å²) in [4.78, 5) is 25.2. The summed E-state index contributed by atoms with van der Waals surface area (Å²) in [6, 6.07) is 0. The molecule has 1 heterocycles. The molecule has 2 atom stereocenters. The highest BCUT2D eigenvalue weighted by Crippen LogP contribution is 2.33. The van der Waals surface area contributed by atoms with Gasteiger partial charge in [-0.25, -0.2) is 0 Å². The molecule has 1 saturated carbocycles. The molecular formula is C13H19NO3. The number of carbonyl (C=O) groups is 2. The van der Waals surface area contributed by atoms with Crippen LogP contribution in [0.25, 0.3) is 0 Å². The molecule has 0 aromatic carbocycles. The van der Waals surface area contributed by atoms with Crippen molar-refractivity contribution in [2.45, 2.75) is 32.6 Å². The second kappa shape index (κ2) is 4.90. The van der Waals surface area contributed by atoms with E-state index in [0.29, 0.717) is 13.0 Å². The van der Waals surface area contributed by atoms with Gasteiger partial charge in [-0.1, -0.05) is 18.1 Å². The third kappa shape index (κ3) is 2.51. The first-order chi connectivity index (χ1) is 8.09. The molecule has 1 fully saturated rings. The number of carbonyl (C=O) groups excluding carboxylic acids is 1. The van der Waals surface area contributed by atoms with Crippen LogP contribution in [-0.2, 0) is 9.59 Å². The molecule has 4 heteroatoms. The van der Waals surface area contributed by atoms with Gasteiger partial charge < -0.3 is 10.0 Å². The van der Waals surface area contributed by atoms with Crippen LogP contribution in [0.5, 0.6) is 0 Å². The molecule has 4 nitrogen and oxygen atoms in total. The van der Waals surface area contributed by atoms with E-state index < -0.39 is 11.9 Å². The first-order valence-corrected chi connectivity index (χ1v) is 6.27. The molecule has 1 aliphatic carbocycles. The van der Waals surface area contributed by atoms with Crippen molar-refractivity contribution in [1.82, 2.24) is 4.90 Å². The van der Waals surface area contributed by atoms with E-state index in [9.17, 15) is 9.59 Å². The number of hydrogen-bond donors (Lipinski definition) is 1. The van der Waals surface area contributed by atoms with Crippen LogP contribution in [0.2, 0.25) is 0 Å². The third-order valence-corrected chi connectivity index (χ3v) is 3.79. The molecule has 0 bridgehead atoms. The third-order valence-electron chi connectivity index (χ3n) is 3.79. The van der Waals surface area contributed by atoms with Gasteiger partial charge >= 0.3 is 5.97 Å². The van der Waals surface area contributed by atoms with Gasteiger partial charge in [0.15, 0.2) is 0 Å². The molecule has 0 spiro atoms. The molecule has 94 valence electrons. The van der Waals surface area contributed by atoms with E-state index in [-0.39, 0.29) is 11.8 Å². The van der Waals surface area contributed by atoms with E-state index in [1.165, 1.54) is 5.57 Å². The molecule has 0 saturated heterocycles. The van der Waals surface area contributed by atoms with E-state index in [1.807, 2.05) is 11.8 Å². The molecule has 17 heavy (non-hydrogen) atoms. The van der Waals surface area contributed by atoms with Crippen LogP contribution >= 0.6 is 0 Å². The molecule has 1 amide bonds. The number of carboxylic acids is 1. The predicted octanol–water partition coefficient (Wildman–Crippen LogP) is 1.67. The summed E-state index contributed by atoms with van der Waals surface area (Å²) in [5.41, 5.74) is 1.20. The molecule has 2 aliphatic rings. The minimum Gasteiger partial charge on any atom is -0.481 e. The van der Waals surface area contributed by atoms with Crippen molar-refractivity contribution in [3.63, 3.8) is 0 Å². The van der Waals surface area contributed by atoms with Gasteiger partial charge in [0, 0.05) is 13.1 Å². The average Bonchev–Trinajstić information content (AvgIpc) is 2.77. The number of rotatable bonds is 2. The van der Waals surface area contributed by atoms with E-state index in [1.54, 1.807) is 0 Å². The molecule has 2 unspecified atom stereocenters. The summed E-state index contributed by atoms with van der Waals surface area (Å²) in [7, 11) is 0. The lowest BCUT2D eigenvalue weighted by molar-refractivity contribution is -0.149. The van der Waals surface area contributed by atoms with Gasteiger partial charge in [0.05, 0.1) is 11.8 Å². The van der Waals surface area contributed by atoms with E-state index >= 15 is 0 Å². The summed E-state index contributed by atoms with van der Waals surface area (Å²) >= 11 is 0. The standard InChI is InChI=1S/C13H19NO3/c1-9-4-3-7-14(8-9)12(15)10-5-2-6-11(10)13(16)17/h4,10-11H,2-3,5-8H2,1H3,(H,16,17). The summed E-state index contributed by atoms with van der Waals surface area (Å²) in [6.45, 7) is 3.42. The van der Waals surface area contributed by atoms with Crippen molar-refractivity contribution in [3.05, 3.63) is 11.6 Å². The fourth-order valence-corrected chi connectivity index (χ4v) is 2.89. The predicted molar refractivity (Wildman–Crippen MR) is 63.4 cm³/mol. The van der Waals surface area contributed by atoms with Gasteiger partial charge in [0.2, 0.25) is 5.91 Å². The zero-order valence-electron chi connectivity index (χ0n) is 10.2. The Labute approximate surface area is 101 Å². The molecule has 0 radical (unpaired) electrons. The maximum absolute atomic E-state index is 12.3. The Kier molecular flexibility index (Phi) is 3.50. The highest BCUT2D eigenvalue weighted by Gasteiger charge is 2.39. The Hall–Kier alpha value is -1.32. The molecule has 1 N–H and O–H groups in total. The summed E-state index contributed by atoms with van der Waals surface area (Å²) < 4.78 is 0. The van der Waals surface area contributed by atoms with E-state index in [4.69, 9.17) is 5.11 Å². The van der Waals surface area contributed by atoms with Crippen LogP contribution in [0.3, 0.4) is 0 Å². The van der Waals surface area contributed by atoms with Gasteiger partial charge in [-0.05, 0) is 26.2 Å². The van der Waals surface area contributed by atoms with Crippen LogP contribution in [0.4, 0.5) is 0 Å². The lowest BCUT2D eigenvalue weighted by atomic mass is 9.94. The van der Waals surface area contributed by atoms with Crippen LogP contribution in [0.15, 0.2) is 11.6 Å². The monoisotopic (exact) mass is 237 g/mol. The van der Waals surface area contributed by atoms with Crippen LogP contribution in [0.1, 0.15) is 32.6 Å². The number of nitrogens with zero attached hydrogens (tertiary/aromatic N) is 1. The zero-order chi connectivity index (χ0) is 12.4. The zero-order valence-corrected chi connectivity index (χ0v) is 10.2. The van der Waals surface area contributed by atoms with Crippen molar-refractivity contribution in [3.8, 4) is 0 Å². The van der Waals surface area contributed by atoms with Crippen LogP contribution in [-0.4, -0.2) is 35.0 Å². The van der Waals surface area contributed by atoms with E-state index in [0.717, 1.165) is 25.8 Å². The molecular weight excluding hydrogens is 218 g/mol. The van der Waals surface area contributed by atoms with Gasteiger partial charge in [-0.3, -0.25) is 9.59 Å². The quantitative estimate of drug-likeness (QED) is 0.743. The van der Waals surface area contributed by atoms with Crippen molar-refractivity contribution in [2.24, 2.45) is 11.8 Å². The molecule has 1 aliphatic heterocycles. The maximum Gasteiger partial charge on any atom is 0.307 e. The fourth-order valence-electron chi connectivity index (χ4n) is 2.89. The summed E-state index contributed by atoms with van der Waals surface area (Å²) in [5.74, 6) is -1.53. The minimum absolute atomic E-state index is 0.0438. The summed E-state index contributed by atoms with van der Waals surface area (Å²) in [5, 5.41) is 9.10. The Morgan fingerprint density at radius 3 is 2.71 bits per heavy atom. The second-order valence-corrected chi connectivity index (χ2v) is 5.08. The van der Waals surface area contributed by atoms with Crippen molar-refractivity contribution < 1.29 is 14.7 Å². The maximum atomic E-state index is 12.3. The number of amides is 1. The van der Waals surface area contributed by atoms with Crippen molar-refractivity contribution >= 4 is 11.9 Å². The van der Waals surface area contributed by atoms with Gasteiger partial charge in [-0.15, -0.1) is 0 Å². The first-order valence-electron chi connectivity index (χ1n) is 6.27. The smallest absolute Gasteiger partial charge is 0.307 e. The Bertz CT molecular complexity index is 362. The van der Waals surface area contributed by atoms with Crippen molar-refractivity contribution in [1.29, 1.82) is 0 Å². The Balaban J connectivity index is 2.04. The van der Waals surface area contributed by atoms with Gasteiger partial charge in [0.1, 0.15) is 0 Å².